The van der Waals surface area contributed by atoms with Crippen LogP contribution in [0, 0.1) is 0 Å². The smallest absolute Gasteiger partial charge is 0.0900 e. The predicted octanol–water partition coefficient (Wildman–Crippen LogP) is 1.11. The minimum atomic E-state index is -0.435. The lowest BCUT2D eigenvalue weighted by molar-refractivity contribution is -0.0630. The molecule has 5 nitrogen and oxygen atoms in total. The third-order valence-electron chi connectivity index (χ3n) is 3.75. The van der Waals surface area contributed by atoms with Gasteiger partial charge in [0.1, 0.15) is 0 Å². The normalized spacial score (nSPS) is 18.0. The summed E-state index contributed by atoms with van der Waals surface area (Å²) in [5.41, 5.74) is 1.27. The van der Waals surface area contributed by atoms with Crippen molar-refractivity contribution >= 4 is 0 Å². The van der Waals surface area contributed by atoms with Crippen molar-refractivity contribution in [3.8, 4) is 0 Å². The van der Waals surface area contributed by atoms with Gasteiger partial charge in [0, 0.05) is 38.7 Å². The van der Waals surface area contributed by atoms with Gasteiger partial charge in [-0.05, 0) is 44.0 Å². The zero-order valence-corrected chi connectivity index (χ0v) is 12.8. The van der Waals surface area contributed by atoms with Crippen LogP contribution in [-0.2, 0) is 15.9 Å². The molecule has 1 aromatic heterocycles. The molecule has 0 radical (unpaired) electrons. The van der Waals surface area contributed by atoms with Gasteiger partial charge in [-0.3, -0.25) is 4.98 Å². The van der Waals surface area contributed by atoms with Crippen LogP contribution in [0.25, 0.3) is 0 Å². The van der Waals surface area contributed by atoms with Gasteiger partial charge >= 0.3 is 0 Å². The number of nitrogens with zero attached hydrogens (tertiary/aromatic N) is 2. The number of hydrogen-bond donors (Lipinski definition) is 1. The summed E-state index contributed by atoms with van der Waals surface area (Å²) in [4.78, 5) is 6.15. The molecule has 1 atom stereocenters. The fourth-order valence-electron chi connectivity index (χ4n) is 2.46. The van der Waals surface area contributed by atoms with E-state index >= 15 is 0 Å². The van der Waals surface area contributed by atoms with Crippen molar-refractivity contribution in [3.05, 3.63) is 30.1 Å². The summed E-state index contributed by atoms with van der Waals surface area (Å²) in [6, 6.07) is 4.05. The first kappa shape index (κ1) is 16.4. The van der Waals surface area contributed by atoms with Crippen LogP contribution in [0.4, 0.5) is 0 Å². The molecule has 0 aromatic carbocycles. The van der Waals surface area contributed by atoms with Gasteiger partial charge < -0.3 is 19.5 Å². The van der Waals surface area contributed by atoms with Crippen molar-refractivity contribution < 1.29 is 14.6 Å². The first-order chi connectivity index (χ1) is 10.2. The summed E-state index contributed by atoms with van der Waals surface area (Å²) in [5.74, 6) is 0. The summed E-state index contributed by atoms with van der Waals surface area (Å²) in [7, 11) is 2.03. The van der Waals surface area contributed by atoms with E-state index in [9.17, 15) is 5.11 Å². The Morgan fingerprint density at radius 1 is 1.38 bits per heavy atom. The van der Waals surface area contributed by atoms with Gasteiger partial charge in [-0.2, -0.15) is 0 Å². The Hall–Kier alpha value is -1.01. The number of aliphatic hydroxyl groups is 1. The SMILES string of the molecule is CN(CCc1ccncc1)CC(O)COC1CCOCC1. The summed E-state index contributed by atoms with van der Waals surface area (Å²) in [6.07, 6.45) is 6.27. The van der Waals surface area contributed by atoms with Gasteiger partial charge in [0.15, 0.2) is 0 Å². The second-order valence-corrected chi connectivity index (χ2v) is 5.67. The van der Waals surface area contributed by atoms with E-state index in [0.717, 1.165) is 39.0 Å². The van der Waals surface area contributed by atoms with Gasteiger partial charge in [0.2, 0.25) is 0 Å². The number of aliphatic hydroxyl groups excluding tert-OH is 1. The van der Waals surface area contributed by atoms with Crippen LogP contribution in [-0.4, -0.2) is 67.2 Å². The molecule has 1 fully saturated rings. The molecule has 1 N–H and O–H groups in total. The van der Waals surface area contributed by atoms with E-state index in [4.69, 9.17) is 9.47 Å². The Kier molecular flexibility index (Phi) is 7.09. The Bertz CT molecular complexity index is 382. The van der Waals surface area contributed by atoms with Crippen LogP contribution >= 0.6 is 0 Å². The molecular formula is C16H26N2O3. The standard InChI is InChI=1S/C16H26N2O3/c1-18(9-4-14-2-7-17-8-3-14)12-15(19)13-21-16-5-10-20-11-6-16/h2-3,7-8,15-16,19H,4-6,9-13H2,1H3. The topological polar surface area (TPSA) is 54.8 Å². The average Bonchev–Trinajstić information content (AvgIpc) is 2.53. The second-order valence-electron chi connectivity index (χ2n) is 5.67. The van der Waals surface area contributed by atoms with Crippen LogP contribution in [0.15, 0.2) is 24.5 Å². The first-order valence-corrected chi connectivity index (χ1v) is 7.69. The maximum atomic E-state index is 10.0. The summed E-state index contributed by atoms with van der Waals surface area (Å²) in [6.45, 7) is 3.50. The zero-order chi connectivity index (χ0) is 14.9. The molecule has 2 heterocycles. The van der Waals surface area contributed by atoms with Gasteiger partial charge in [-0.1, -0.05) is 0 Å². The van der Waals surface area contributed by atoms with E-state index < -0.39 is 6.10 Å². The molecule has 1 aliphatic rings. The molecule has 1 unspecified atom stereocenters. The molecule has 0 bridgehead atoms. The van der Waals surface area contributed by atoms with Crippen molar-refractivity contribution in [2.45, 2.75) is 31.5 Å². The van der Waals surface area contributed by atoms with E-state index in [1.54, 1.807) is 0 Å². The zero-order valence-electron chi connectivity index (χ0n) is 12.8. The number of rotatable bonds is 8. The lowest BCUT2D eigenvalue weighted by Crippen LogP contribution is -2.35. The second kappa shape index (κ2) is 9.10. The minimum absolute atomic E-state index is 0.246. The van der Waals surface area contributed by atoms with E-state index in [0.29, 0.717) is 13.2 Å². The van der Waals surface area contributed by atoms with Gasteiger partial charge in [0.05, 0.1) is 18.8 Å². The molecule has 0 aliphatic carbocycles. The number of pyridine rings is 1. The highest BCUT2D eigenvalue weighted by molar-refractivity contribution is 5.09. The maximum Gasteiger partial charge on any atom is 0.0900 e. The van der Waals surface area contributed by atoms with E-state index in [1.807, 2.05) is 31.6 Å². The molecule has 5 heteroatoms. The maximum absolute atomic E-state index is 10.0. The highest BCUT2D eigenvalue weighted by Gasteiger charge is 2.16. The lowest BCUT2D eigenvalue weighted by atomic mass is 10.1. The third-order valence-corrected chi connectivity index (χ3v) is 3.75. The molecule has 1 aromatic rings. The Labute approximate surface area is 126 Å². The van der Waals surface area contributed by atoms with Crippen LogP contribution in [0.2, 0.25) is 0 Å². The molecule has 1 aliphatic heterocycles. The Morgan fingerprint density at radius 2 is 2.10 bits per heavy atom. The first-order valence-electron chi connectivity index (χ1n) is 7.69. The number of hydrogen-bond acceptors (Lipinski definition) is 5. The molecule has 0 spiro atoms. The van der Waals surface area contributed by atoms with Gasteiger partial charge in [-0.25, -0.2) is 0 Å². The number of likely N-dealkylation sites (N-methyl/N-ethyl adjacent to an activating group) is 1. The third kappa shape index (κ3) is 6.52. The summed E-state index contributed by atoms with van der Waals surface area (Å²) < 4.78 is 11.0. The van der Waals surface area contributed by atoms with E-state index in [-0.39, 0.29) is 6.10 Å². The highest BCUT2D eigenvalue weighted by atomic mass is 16.5. The molecule has 0 saturated carbocycles. The van der Waals surface area contributed by atoms with Crippen molar-refractivity contribution in [1.82, 2.24) is 9.88 Å². The van der Waals surface area contributed by atoms with Crippen LogP contribution < -0.4 is 0 Å². The fourth-order valence-corrected chi connectivity index (χ4v) is 2.46. The minimum Gasteiger partial charge on any atom is -0.389 e. The lowest BCUT2D eigenvalue weighted by Gasteiger charge is -2.25. The Balaban J connectivity index is 1.59. The largest absolute Gasteiger partial charge is 0.389 e. The molecule has 2 rings (SSSR count). The van der Waals surface area contributed by atoms with Gasteiger partial charge in [0.25, 0.3) is 0 Å². The highest BCUT2D eigenvalue weighted by Crippen LogP contribution is 2.11. The van der Waals surface area contributed by atoms with Crippen LogP contribution in [0.1, 0.15) is 18.4 Å². The van der Waals surface area contributed by atoms with Crippen LogP contribution in [0.5, 0.6) is 0 Å². The van der Waals surface area contributed by atoms with E-state index in [1.165, 1.54) is 5.56 Å². The molecule has 21 heavy (non-hydrogen) atoms. The summed E-state index contributed by atoms with van der Waals surface area (Å²) >= 11 is 0. The van der Waals surface area contributed by atoms with Crippen molar-refractivity contribution in [2.24, 2.45) is 0 Å². The number of ether oxygens (including phenoxy) is 2. The molecular weight excluding hydrogens is 268 g/mol. The molecule has 1 saturated heterocycles. The van der Waals surface area contributed by atoms with Gasteiger partial charge in [-0.15, -0.1) is 0 Å². The van der Waals surface area contributed by atoms with Crippen molar-refractivity contribution in [3.63, 3.8) is 0 Å². The van der Waals surface area contributed by atoms with Crippen molar-refractivity contribution in [2.75, 3.05) is 40.0 Å². The quantitative estimate of drug-likeness (QED) is 0.778. The number of aromatic nitrogens is 1. The molecule has 118 valence electrons. The summed E-state index contributed by atoms with van der Waals surface area (Å²) in [5, 5.41) is 10.0. The average molecular weight is 294 g/mol. The van der Waals surface area contributed by atoms with Crippen molar-refractivity contribution in [1.29, 1.82) is 0 Å². The van der Waals surface area contributed by atoms with Crippen LogP contribution in [0.3, 0.4) is 0 Å². The molecule has 0 amide bonds. The fraction of sp³-hybridized carbons (Fsp3) is 0.688. The Morgan fingerprint density at radius 3 is 2.81 bits per heavy atom. The predicted molar refractivity (Wildman–Crippen MR) is 81.2 cm³/mol. The van der Waals surface area contributed by atoms with E-state index in [2.05, 4.69) is 9.88 Å². The monoisotopic (exact) mass is 294 g/mol.